The monoisotopic (exact) mass is 529 g/mol. The lowest BCUT2D eigenvalue weighted by atomic mass is 9.92. The van der Waals surface area contributed by atoms with Crippen molar-refractivity contribution in [2.24, 2.45) is 0 Å². The molecule has 2 saturated heterocycles. The summed E-state index contributed by atoms with van der Waals surface area (Å²) < 4.78 is 19.3. The van der Waals surface area contributed by atoms with Gasteiger partial charge in [0.2, 0.25) is 11.8 Å². The molecule has 2 aliphatic heterocycles. The highest BCUT2D eigenvalue weighted by Crippen LogP contribution is 2.64. The molecule has 1 unspecified atom stereocenters. The van der Waals surface area contributed by atoms with Crippen LogP contribution >= 0.6 is 7.44 Å². The number of hydrogen-bond donors (Lipinski definition) is 0. The molecular formula is C31H36N3O3P. The summed E-state index contributed by atoms with van der Waals surface area (Å²) in [4.78, 5) is 29.5. The fourth-order valence-corrected chi connectivity index (χ4v) is 9.31. The van der Waals surface area contributed by atoms with Crippen LogP contribution in [0.15, 0.2) is 78.9 Å². The minimum absolute atomic E-state index is 0.0766. The third kappa shape index (κ3) is 4.35. The summed E-state index contributed by atoms with van der Waals surface area (Å²) in [6.07, 6.45) is 0.715. The van der Waals surface area contributed by atoms with Gasteiger partial charge in [0, 0.05) is 30.9 Å². The third-order valence-electron chi connectivity index (χ3n) is 7.64. The molecule has 7 heteroatoms. The lowest BCUT2D eigenvalue weighted by Crippen LogP contribution is -2.46. The zero-order valence-electron chi connectivity index (χ0n) is 22.6. The average molecular weight is 530 g/mol. The van der Waals surface area contributed by atoms with E-state index in [4.69, 9.17) is 0 Å². The number of rotatable bonds is 6. The van der Waals surface area contributed by atoms with Crippen molar-refractivity contribution >= 4 is 36.3 Å². The molecule has 38 heavy (non-hydrogen) atoms. The van der Waals surface area contributed by atoms with Crippen LogP contribution in [0.3, 0.4) is 0 Å². The molecule has 0 saturated carbocycles. The molecule has 0 N–H and O–H groups in total. The van der Waals surface area contributed by atoms with Crippen LogP contribution in [0.25, 0.3) is 0 Å². The van der Waals surface area contributed by atoms with Crippen LogP contribution in [-0.2, 0) is 14.2 Å². The second-order valence-electron chi connectivity index (χ2n) is 10.7. The summed E-state index contributed by atoms with van der Waals surface area (Å²) in [6, 6.07) is 25.3. The van der Waals surface area contributed by atoms with Gasteiger partial charge in [0.05, 0.1) is 5.69 Å². The van der Waals surface area contributed by atoms with Crippen LogP contribution in [0.2, 0.25) is 0 Å². The van der Waals surface area contributed by atoms with E-state index in [-0.39, 0.29) is 30.1 Å². The smallest absolute Gasteiger partial charge is 0.275 e. The van der Waals surface area contributed by atoms with E-state index in [2.05, 4.69) is 27.7 Å². The Morgan fingerprint density at radius 1 is 0.711 bits per heavy atom. The standard InChI is InChI=1S/C31H36N3O3P/c1-22(2)26-17-11-18-27(23(3)4)30(26)34-29(35)21-28(31(34)36)38(37)32(24-13-7-5-8-14-24)19-12-20-33(38)25-15-9-6-10-16-25/h5-11,13-18,22-23,28H,12,19-21H2,1-4H3. The molecule has 0 radical (unpaired) electrons. The van der Waals surface area contributed by atoms with Gasteiger partial charge in [0.25, 0.3) is 7.44 Å². The Balaban J connectivity index is 1.66. The molecule has 2 heterocycles. The number of amides is 2. The molecule has 0 bridgehead atoms. The maximum absolute atomic E-state index is 15.5. The Kier molecular flexibility index (Phi) is 7.19. The van der Waals surface area contributed by atoms with Crippen LogP contribution in [0.5, 0.6) is 0 Å². The minimum Gasteiger partial charge on any atom is -0.306 e. The van der Waals surface area contributed by atoms with Gasteiger partial charge in [0.1, 0.15) is 5.66 Å². The predicted octanol–water partition coefficient (Wildman–Crippen LogP) is 7.18. The molecule has 5 rings (SSSR count). The maximum Gasteiger partial charge on any atom is 0.275 e. The first-order valence-electron chi connectivity index (χ1n) is 13.5. The van der Waals surface area contributed by atoms with Crippen LogP contribution in [-0.4, -0.2) is 30.6 Å². The van der Waals surface area contributed by atoms with E-state index < -0.39 is 13.1 Å². The molecule has 2 aliphatic rings. The number of carbonyl (C=O) groups excluding carboxylic acids is 2. The van der Waals surface area contributed by atoms with E-state index >= 15 is 4.57 Å². The Bertz CT molecular complexity index is 1300. The Morgan fingerprint density at radius 3 is 1.63 bits per heavy atom. The summed E-state index contributed by atoms with van der Waals surface area (Å²) in [7, 11) is -3.60. The van der Waals surface area contributed by atoms with Crippen LogP contribution in [0.4, 0.5) is 17.1 Å². The fourth-order valence-electron chi connectivity index (χ4n) is 5.80. The molecule has 0 aliphatic carbocycles. The number of carbonyl (C=O) groups is 2. The molecule has 3 aromatic carbocycles. The number of para-hydroxylation sites is 3. The number of imide groups is 1. The van der Waals surface area contributed by atoms with Crippen LogP contribution < -0.4 is 14.2 Å². The number of benzene rings is 3. The quantitative estimate of drug-likeness (QED) is 0.250. The van der Waals surface area contributed by atoms with Gasteiger partial charge in [-0.05, 0) is 53.6 Å². The van der Waals surface area contributed by atoms with Crippen molar-refractivity contribution < 1.29 is 14.2 Å². The molecular weight excluding hydrogens is 493 g/mol. The van der Waals surface area contributed by atoms with Gasteiger partial charge in [-0.1, -0.05) is 82.3 Å². The highest BCUT2D eigenvalue weighted by molar-refractivity contribution is 7.69. The van der Waals surface area contributed by atoms with Gasteiger partial charge in [-0.2, -0.15) is 0 Å². The van der Waals surface area contributed by atoms with Gasteiger partial charge in [0.15, 0.2) is 0 Å². The van der Waals surface area contributed by atoms with Crippen molar-refractivity contribution in [3.05, 3.63) is 90.0 Å². The predicted molar refractivity (Wildman–Crippen MR) is 155 cm³/mol. The summed E-state index contributed by atoms with van der Waals surface area (Å²) >= 11 is 0. The number of hydrogen-bond acceptors (Lipinski definition) is 3. The molecule has 1 atom stereocenters. The van der Waals surface area contributed by atoms with Crippen molar-refractivity contribution in [3.63, 3.8) is 0 Å². The van der Waals surface area contributed by atoms with Gasteiger partial charge in [-0.25, -0.2) is 4.90 Å². The lowest BCUT2D eigenvalue weighted by Gasteiger charge is -2.47. The summed E-state index contributed by atoms with van der Waals surface area (Å²) in [5.41, 5.74) is 3.24. The molecule has 2 fully saturated rings. The zero-order valence-corrected chi connectivity index (χ0v) is 23.5. The van der Waals surface area contributed by atoms with Crippen LogP contribution in [0, 0.1) is 0 Å². The Labute approximate surface area is 225 Å². The first-order chi connectivity index (χ1) is 18.2. The van der Waals surface area contributed by atoms with Crippen molar-refractivity contribution in [2.45, 2.75) is 58.0 Å². The third-order valence-corrected chi connectivity index (χ3v) is 11.1. The molecule has 0 aromatic heterocycles. The minimum atomic E-state index is -3.60. The van der Waals surface area contributed by atoms with Gasteiger partial charge in [-0.15, -0.1) is 0 Å². The zero-order chi connectivity index (χ0) is 27.0. The molecule has 3 aromatic rings. The summed E-state index contributed by atoms with van der Waals surface area (Å²) in [5.74, 6) is -0.403. The number of nitrogens with zero attached hydrogens (tertiary/aromatic N) is 3. The Hall–Kier alpha value is -3.37. The summed E-state index contributed by atoms with van der Waals surface area (Å²) in [5, 5.41) is 0. The average Bonchev–Trinajstić information content (AvgIpc) is 3.23. The van der Waals surface area contributed by atoms with Crippen molar-refractivity contribution in [2.75, 3.05) is 27.3 Å². The van der Waals surface area contributed by atoms with Crippen LogP contribution in [0.1, 0.15) is 63.5 Å². The van der Waals surface area contributed by atoms with Gasteiger partial charge in [-0.3, -0.25) is 14.2 Å². The maximum atomic E-state index is 15.5. The van der Waals surface area contributed by atoms with Gasteiger partial charge < -0.3 is 9.34 Å². The lowest BCUT2D eigenvalue weighted by molar-refractivity contribution is -0.121. The Morgan fingerprint density at radius 2 is 1.18 bits per heavy atom. The molecule has 198 valence electrons. The highest BCUT2D eigenvalue weighted by Gasteiger charge is 2.57. The van der Waals surface area contributed by atoms with E-state index in [1.54, 1.807) is 0 Å². The SMILES string of the molecule is CC(C)c1cccc(C(C)C)c1N1C(=O)CC(P2(=O)N(c3ccccc3)CCCN2c2ccccc2)C1=O. The molecule has 6 nitrogen and oxygen atoms in total. The second kappa shape index (κ2) is 10.4. The van der Waals surface area contributed by atoms with E-state index in [0.717, 1.165) is 28.9 Å². The first-order valence-corrected chi connectivity index (χ1v) is 15.2. The van der Waals surface area contributed by atoms with Crippen molar-refractivity contribution in [1.29, 1.82) is 0 Å². The number of anilines is 3. The van der Waals surface area contributed by atoms with Crippen molar-refractivity contribution in [3.8, 4) is 0 Å². The second-order valence-corrected chi connectivity index (χ2v) is 13.5. The normalized spacial score (nSPS) is 19.6. The van der Waals surface area contributed by atoms with Gasteiger partial charge >= 0.3 is 0 Å². The highest BCUT2D eigenvalue weighted by atomic mass is 31.2. The van der Waals surface area contributed by atoms with E-state index in [1.165, 1.54) is 4.90 Å². The summed E-state index contributed by atoms with van der Waals surface area (Å²) in [6.45, 7) is 9.41. The molecule has 0 spiro atoms. The largest absolute Gasteiger partial charge is 0.306 e. The van der Waals surface area contributed by atoms with E-state index in [1.807, 2.05) is 88.2 Å². The molecule has 2 amide bonds. The van der Waals surface area contributed by atoms with E-state index in [9.17, 15) is 9.59 Å². The van der Waals surface area contributed by atoms with E-state index in [0.29, 0.717) is 18.8 Å². The van der Waals surface area contributed by atoms with Crippen molar-refractivity contribution in [1.82, 2.24) is 0 Å². The fraction of sp³-hybridized carbons (Fsp3) is 0.355. The topological polar surface area (TPSA) is 60.9 Å². The first kappa shape index (κ1) is 26.2.